The van der Waals surface area contributed by atoms with E-state index in [9.17, 15) is 4.79 Å². The van der Waals surface area contributed by atoms with Crippen LogP contribution in [0.3, 0.4) is 0 Å². The number of benzene rings is 2. The van der Waals surface area contributed by atoms with Crippen molar-refractivity contribution in [3.63, 3.8) is 0 Å². The monoisotopic (exact) mass is 337 g/mol. The fourth-order valence-electron chi connectivity index (χ4n) is 2.78. The first-order valence-electron chi connectivity index (χ1n) is 8.03. The van der Waals surface area contributed by atoms with Gasteiger partial charge in [-0.3, -0.25) is 14.5 Å². The predicted molar refractivity (Wildman–Crippen MR) is 98.3 cm³/mol. The molecular weight excluding hydrogens is 318 g/mol. The van der Waals surface area contributed by atoms with Crippen molar-refractivity contribution in [2.45, 2.75) is 26.7 Å². The first-order valence-corrected chi connectivity index (χ1v) is 8.44. The zero-order chi connectivity index (χ0) is 17.1. The van der Waals surface area contributed by atoms with Gasteiger partial charge in [0.2, 0.25) is 0 Å². The number of H-pyrrole nitrogens is 1. The van der Waals surface area contributed by atoms with E-state index in [0.717, 1.165) is 41.8 Å². The van der Waals surface area contributed by atoms with Crippen molar-refractivity contribution >= 4 is 18.5 Å². The molecule has 0 radical (unpaired) electrons. The SMILES string of the molecule is CCc1ccc(-n2c(-c3ccc(C=O)c(CC)c3)n[nH]c2=S)cc1. The van der Waals surface area contributed by atoms with Crippen molar-refractivity contribution in [2.75, 3.05) is 0 Å². The largest absolute Gasteiger partial charge is 0.298 e. The van der Waals surface area contributed by atoms with Crippen LogP contribution in [0.15, 0.2) is 42.5 Å². The zero-order valence-corrected chi connectivity index (χ0v) is 14.6. The molecule has 1 aromatic heterocycles. The highest BCUT2D eigenvalue weighted by Gasteiger charge is 2.12. The Kier molecular flexibility index (Phi) is 4.71. The van der Waals surface area contributed by atoms with Gasteiger partial charge in [0, 0.05) is 16.8 Å². The molecule has 3 aromatic rings. The van der Waals surface area contributed by atoms with Gasteiger partial charge in [-0.05, 0) is 54.4 Å². The number of aryl methyl sites for hydroxylation is 2. The molecule has 0 amide bonds. The van der Waals surface area contributed by atoms with Crippen LogP contribution in [-0.2, 0) is 12.8 Å². The minimum Gasteiger partial charge on any atom is -0.298 e. The third kappa shape index (κ3) is 2.95. The molecule has 0 bridgehead atoms. The number of rotatable bonds is 5. The molecule has 5 heteroatoms. The van der Waals surface area contributed by atoms with Crippen LogP contribution in [0.2, 0.25) is 0 Å². The maximum Gasteiger partial charge on any atom is 0.200 e. The lowest BCUT2D eigenvalue weighted by Crippen LogP contribution is -1.99. The molecule has 0 spiro atoms. The van der Waals surface area contributed by atoms with Crippen LogP contribution in [0, 0.1) is 4.77 Å². The number of nitrogens with one attached hydrogen (secondary N) is 1. The summed E-state index contributed by atoms with van der Waals surface area (Å²) >= 11 is 5.41. The lowest BCUT2D eigenvalue weighted by molar-refractivity contribution is 0.112. The van der Waals surface area contributed by atoms with Crippen LogP contribution in [0.5, 0.6) is 0 Å². The average molecular weight is 337 g/mol. The molecule has 1 heterocycles. The highest BCUT2D eigenvalue weighted by Crippen LogP contribution is 2.24. The van der Waals surface area contributed by atoms with Crippen molar-refractivity contribution in [1.29, 1.82) is 0 Å². The van der Waals surface area contributed by atoms with Crippen LogP contribution in [0.4, 0.5) is 0 Å². The molecule has 0 aliphatic carbocycles. The summed E-state index contributed by atoms with van der Waals surface area (Å²) in [7, 11) is 0. The lowest BCUT2D eigenvalue weighted by atomic mass is 10.0. The molecule has 0 fully saturated rings. The maximum atomic E-state index is 11.1. The molecule has 0 aliphatic rings. The van der Waals surface area contributed by atoms with Gasteiger partial charge in [0.1, 0.15) is 6.29 Å². The van der Waals surface area contributed by atoms with E-state index >= 15 is 0 Å². The second kappa shape index (κ2) is 6.93. The van der Waals surface area contributed by atoms with Gasteiger partial charge in [-0.25, -0.2) is 0 Å². The third-order valence-electron chi connectivity index (χ3n) is 4.18. The van der Waals surface area contributed by atoms with Crippen molar-refractivity contribution < 1.29 is 4.79 Å². The Morgan fingerprint density at radius 1 is 1.12 bits per heavy atom. The molecule has 0 aliphatic heterocycles. The summed E-state index contributed by atoms with van der Waals surface area (Å²) in [6.45, 7) is 4.16. The van der Waals surface area contributed by atoms with E-state index in [4.69, 9.17) is 12.2 Å². The first kappa shape index (κ1) is 16.3. The maximum absolute atomic E-state index is 11.1. The number of hydrogen-bond acceptors (Lipinski definition) is 3. The molecule has 3 rings (SSSR count). The summed E-state index contributed by atoms with van der Waals surface area (Å²) in [5.41, 5.74) is 4.90. The van der Waals surface area contributed by atoms with Crippen molar-refractivity contribution in [3.8, 4) is 17.1 Å². The number of aromatic amines is 1. The number of carbonyl (C=O) groups is 1. The van der Waals surface area contributed by atoms with Gasteiger partial charge in [-0.2, -0.15) is 5.10 Å². The Morgan fingerprint density at radius 3 is 2.50 bits per heavy atom. The van der Waals surface area contributed by atoms with Gasteiger partial charge in [0.05, 0.1) is 0 Å². The van der Waals surface area contributed by atoms with Crippen molar-refractivity contribution in [3.05, 3.63) is 63.9 Å². The molecular formula is C19H19N3OS. The summed E-state index contributed by atoms with van der Waals surface area (Å²) in [6.07, 6.45) is 2.68. The average Bonchev–Trinajstić information content (AvgIpc) is 3.02. The summed E-state index contributed by atoms with van der Waals surface area (Å²) in [4.78, 5) is 11.1. The standard InChI is InChI=1S/C19H19N3OS/c1-3-13-5-9-17(10-6-13)22-18(20-21-19(22)24)15-7-8-16(12-23)14(4-2)11-15/h5-12H,3-4H2,1-2H3,(H,21,24). The number of carbonyl (C=O) groups excluding carboxylic acids is 1. The summed E-state index contributed by atoms with van der Waals surface area (Å²) in [6, 6.07) is 14.0. The van der Waals surface area contributed by atoms with Gasteiger partial charge in [0.25, 0.3) is 0 Å². The van der Waals surface area contributed by atoms with Crippen LogP contribution >= 0.6 is 12.2 Å². The smallest absolute Gasteiger partial charge is 0.200 e. The fourth-order valence-corrected chi connectivity index (χ4v) is 3.01. The quantitative estimate of drug-likeness (QED) is 0.549. The van der Waals surface area contributed by atoms with E-state index in [1.807, 2.05) is 41.8 Å². The predicted octanol–water partition coefficient (Wildman–Crippen LogP) is 4.53. The minimum atomic E-state index is 0.548. The first-order chi connectivity index (χ1) is 11.7. The topological polar surface area (TPSA) is 50.7 Å². The van der Waals surface area contributed by atoms with E-state index in [1.54, 1.807) is 0 Å². The Labute approximate surface area is 146 Å². The Morgan fingerprint density at radius 2 is 1.88 bits per heavy atom. The molecule has 0 saturated carbocycles. The minimum absolute atomic E-state index is 0.548. The summed E-state index contributed by atoms with van der Waals surface area (Å²) < 4.78 is 2.47. The number of aromatic nitrogens is 3. The van der Waals surface area contributed by atoms with E-state index < -0.39 is 0 Å². The van der Waals surface area contributed by atoms with Gasteiger partial charge >= 0.3 is 0 Å². The fraction of sp³-hybridized carbons (Fsp3) is 0.211. The van der Waals surface area contributed by atoms with Crippen molar-refractivity contribution in [2.24, 2.45) is 0 Å². The Balaban J connectivity index is 2.13. The van der Waals surface area contributed by atoms with Gasteiger partial charge in [-0.15, -0.1) is 0 Å². The van der Waals surface area contributed by atoms with Gasteiger partial charge in [-0.1, -0.05) is 38.1 Å². The van der Waals surface area contributed by atoms with Crippen LogP contribution in [0.25, 0.3) is 17.1 Å². The molecule has 24 heavy (non-hydrogen) atoms. The zero-order valence-electron chi connectivity index (χ0n) is 13.7. The molecule has 0 unspecified atom stereocenters. The normalized spacial score (nSPS) is 10.8. The van der Waals surface area contributed by atoms with Crippen LogP contribution < -0.4 is 0 Å². The molecule has 0 atom stereocenters. The highest BCUT2D eigenvalue weighted by molar-refractivity contribution is 7.71. The molecule has 122 valence electrons. The van der Waals surface area contributed by atoms with E-state index in [2.05, 4.69) is 29.3 Å². The lowest BCUT2D eigenvalue weighted by Gasteiger charge is -2.10. The van der Waals surface area contributed by atoms with E-state index in [-0.39, 0.29) is 0 Å². The molecule has 4 nitrogen and oxygen atoms in total. The molecule has 0 saturated heterocycles. The molecule has 1 N–H and O–H groups in total. The van der Waals surface area contributed by atoms with E-state index in [1.165, 1.54) is 5.56 Å². The van der Waals surface area contributed by atoms with Gasteiger partial charge < -0.3 is 0 Å². The Bertz CT molecular complexity index is 923. The van der Waals surface area contributed by atoms with Gasteiger partial charge in [0.15, 0.2) is 10.6 Å². The van der Waals surface area contributed by atoms with Crippen LogP contribution in [-0.4, -0.2) is 21.1 Å². The number of hydrogen-bond donors (Lipinski definition) is 1. The highest BCUT2D eigenvalue weighted by atomic mass is 32.1. The number of nitrogens with zero attached hydrogens (tertiary/aromatic N) is 2. The van der Waals surface area contributed by atoms with Crippen LogP contribution in [0.1, 0.15) is 35.3 Å². The molecule has 2 aromatic carbocycles. The third-order valence-corrected chi connectivity index (χ3v) is 4.46. The second-order valence-corrected chi connectivity index (χ2v) is 5.98. The summed E-state index contributed by atoms with van der Waals surface area (Å²) in [5, 5.41) is 7.27. The van der Waals surface area contributed by atoms with Crippen molar-refractivity contribution in [1.82, 2.24) is 14.8 Å². The second-order valence-electron chi connectivity index (χ2n) is 5.59. The number of aldehydes is 1. The Hall–Kier alpha value is -2.53. The summed E-state index contributed by atoms with van der Waals surface area (Å²) in [5.74, 6) is 0.747. The van der Waals surface area contributed by atoms with E-state index in [0.29, 0.717) is 10.3 Å².